The lowest BCUT2D eigenvalue weighted by molar-refractivity contribution is -0.221. The Hall–Kier alpha value is -1.22. The Morgan fingerprint density at radius 2 is 1.44 bits per heavy atom. The third-order valence-electron chi connectivity index (χ3n) is 2.18. The van der Waals surface area contributed by atoms with Gasteiger partial charge in [0.25, 0.3) is 0 Å². The molecule has 0 saturated heterocycles. The lowest BCUT2D eigenvalue weighted by Crippen LogP contribution is -2.53. The number of hydrogen-bond acceptors (Lipinski definition) is 0. The number of rotatable bonds is 1. The van der Waals surface area contributed by atoms with Crippen molar-refractivity contribution in [2.24, 2.45) is 0 Å². The lowest BCUT2D eigenvalue weighted by atomic mass is 9.87. The summed E-state index contributed by atoms with van der Waals surface area (Å²) in [7, 11) is 0. The molecule has 0 amide bonds. The van der Waals surface area contributed by atoms with E-state index in [9.17, 15) is 43.9 Å². The Balaban J connectivity index is 3.42. The maximum atomic E-state index is 13.3. The van der Waals surface area contributed by atoms with Crippen LogP contribution in [0.3, 0.4) is 0 Å². The first kappa shape index (κ1) is 14.8. The first-order valence-corrected chi connectivity index (χ1v) is 4.10. The van der Waals surface area contributed by atoms with Crippen molar-refractivity contribution in [2.75, 3.05) is 0 Å². The molecule has 1 rings (SSSR count). The molecule has 104 valence electrons. The van der Waals surface area contributed by atoms with Crippen LogP contribution in [0.2, 0.25) is 0 Å². The van der Waals surface area contributed by atoms with E-state index in [1.807, 2.05) is 0 Å². The van der Waals surface area contributed by atoms with E-state index in [4.69, 9.17) is 0 Å². The summed E-state index contributed by atoms with van der Waals surface area (Å²) >= 11 is 0. The summed E-state index contributed by atoms with van der Waals surface area (Å²) in [5.74, 6) is -12.2. The van der Waals surface area contributed by atoms with Crippen LogP contribution >= 0.6 is 0 Å². The van der Waals surface area contributed by atoms with Crippen LogP contribution in [0.1, 0.15) is 0 Å². The van der Waals surface area contributed by atoms with E-state index in [1.165, 1.54) is 0 Å². The Morgan fingerprint density at radius 3 is 1.83 bits per heavy atom. The van der Waals surface area contributed by atoms with Crippen LogP contribution in [-0.2, 0) is 0 Å². The van der Waals surface area contributed by atoms with Crippen molar-refractivity contribution >= 4 is 0 Å². The SMILES string of the molecule is FC1=C(F)C(F)C(F)(C(F)C(F)(F)F)C(F)=C1F. The van der Waals surface area contributed by atoms with Crippen molar-refractivity contribution in [3.05, 3.63) is 23.3 Å². The predicted octanol–water partition coefficient (Wildman–Crippen LogP) is 4.25. The second-order valence-electron chi connectivity index (χ2n) is 3.32. The monoisotopic (exact) mass is 288 g/mol. The third kappa shape index (κ3) is 1.87. The molecule has 0 spiro atoms. The summed E-state index contributed by atoms with van der Waals surface area (Å²) in [6.45, 7) is 0. The Bertz CT molecular complexity index is 418. The Kier molecular flexibility index (Phi) is 3.43. The van der Waals surface area contributed by atoms with Gasteiger partial charge in [0.15, 0.2) is 29.5 Å². The average Bonchev–Trinajstić information content (AvgIpc) is 2.29. The first-order chi connectivity index (χ1) is 7.95. The van der Waals surface area contributed by atoms with Gasteiger partial charge in [0.05, 0.1) is 0 Å². The van der Waals surface area contributed by atoms with Gasteiger partial charge in [0.1, 0.15) is 0 Å². The van der Waals surface area contributed by atoms with Gasteiger partial charge < -0.3 is 0 Å². The quantitative estimate of drug-likeness (QED) is 0.633. The molecule has 10 heteroatoms. The zero-order chi connectivity index (χ0) is 14.5. The maximum absolute atomic E-state index is 13.3. The van der Waals surface area contributed by atoms with Crippen molar-refractivity contribution < 1.29 is 43.9 Å². The fraction of sp³-hybridized carbons (Fsp3) is 0.500. The van der Waals surface area contributed by atoms with Gasteiger partial charge in [-0.15, -0.1) is 0 Å². The number of halogens is 10. The molecule has 0 bridgehead atoms. The average molecular weight is 288 g/mol. The van der Waals surface area contributed by atoms with Crippen LogP contribution in [0.4, 0.5) is 43.9 Å². The number of hydrogen-bond donors (Lipinski definition) is 0. The highest BCUT2D eigenvalue weighted by atomic mass is 19.4. The van der Waals surface area contributed by atoms with Gasteiger partial charge >= 0.3 is 6.18 Å². The van der Waals surface area contributed by atoms with Crippen molar-refractivity contribution in [3.8, 4) is 0 Å². The molecular formula is C8H2F10. The van der Waals surface area contributed by atoms with E-state index in [0.29, 0.717) is 0 Å². The van der Waals surface area contributed by atoms with Crippen LogP contribution in [-0.4, -0.2) is 24.2 Å². The van der Waals surface area contributed by atoms with Crippen molar-refractivity contribution in [3.63, 3.8) is 0 Å². The Morgan fingerprint density at radius 1 is 1.00 bits per heavy atom. The van der Waals surface area contributed by atoms with Gasteiger partial charge in [-0.25, -0.2) is 30.7 Å². The predicted molar refractivity (Wildman–Crippen MR) is 38.2 cm³/mol. The van der Waals surface area contributed by atoms with E-state index >= 15 is 0 Å². The molecule has 0 fully saturated rings. The summed E-state index contributed by atoms with van der Waals surface area (Å²) in [6.07, 6.45) is -15.3. The van der Waals surface area contributed by atoms with Gasteiger partial charge in [-0.05, 0) is 0 Å². The minimum Gasteiger partial charge on any atom is -0.235 e. The standard InChI is InChI=1S/C8H2F10/c9-1-2(10)4(12)7(15,5(13)3(1)11)6(14)8(16,17)18/h4,6H. The molecule has 0 radical (unpaired) electrons. The minimum atomic E-state index is -6.13. The second kappa shape index (κ2) is 4.16. The Labute approximate surface area is 92.6 Å². The van der Waals surface area contributed by atoms with Crippen LogP contribution in [0.25, 0.3) is 0 Å². The molecule has 3 atom stereocenters. The summed E-state index contributed by atoms with van der Waals surface area (Å²) in [5.41, 5.74) is -5.33. The molecule has 0 nitrogen and oxygen atoms in total. The summed E-state index contributed by atoms with van der Waals surface area (Å²) in [6, 6.07) is 0. The molecule has 0 aromatic carbocycles. The molecule has 0 saturated carbocycles. The number of allylic oxidation sites excluding steroid dienone is 4. The van der Waals surface area contributed by atoms with Crippen LogP contribution < -0.4 is 0 Å². The molecule has 0 aromatic rings. The molecule has 0 aromatic heterocycles. The minimum absolute atomic E-state index is 2.84. The molecule has 1 aliphatic rings. The summed E-state index contributed by atoms with van der Waals surface area (Å²) in [5, 5.41) is 0. The van der Waals surface area contributed by atoms with E-state index < -0.39 is 47.5 Å². The van der Waals surface area contributed by atoms with Crippen LogP contribution in [0, 0.1) is 0 Å². The van der Waals surface area contributed by atoms with Crippen LogP contribution in [0.15, 0.2) is 23.3 Å². The molecule has 0 N–H and O–H groups in total. The highest BCUT2D eigenvalue weighted by molar-refractivity contribution is 5.40. The molecule has 0 heterocycles. The molecule has 0 aliphatic heterocycles. The lowest BCUT2D eigenvalue weighted by Gasteiger charge is -2.32. The fourth-order valence-electron chi connectivity index (χ4n) is 1.25. The van der Waals surface area contributed by atoms with Crippen LogP contribution in [0.5, 0.6) is 0 Å². The zero-order valence-electron chi connectivity index (χ0n) is 7.93. The van der Waals surface area contributed by atoms with Crippen molar-refractivity contribution in [1.29, 1.82) is 0 Å². The normalized spacial score (nSPS) is 32.0. The van der Waals surface area contributed by atoms with Crippen molar-refractivity contribution in [1.82, 2.24) is 0 Å². The first-order valence-electron chi connectivity index (χ1n) is 4.10. The van der Waals surface area contributed by atoms with Crippen molar-refractivity contribution in [2.45, 2.75) is 24.2 Å². The van der Waals surface area contributed by atoms with Gasteiger partial charge in [0, 0.05) is 0 Å². The summed E-state index contributed by atoms with van der Waals surface area (Å²) < 4.78 is 125. The molecular weight excluding hydrogens is 286 g/mol. The summed E-state index contributed by atoms with van der Waals surface area (Å²) in [4.78, 5) is 0. The van der Waals surface area contributed by atoms with Gasteiger partial charge in [-0.2, -0.15) is 13.2 Å². The smallest absolute Gasteiger partial charge is 0.235 e. The second-order valence-corrected chi connectivity index (χ2v) is 3.32. The van der Waals surface area contributed by atoms with E-state index in [-0.39, 0.29) is 0 Å². The highest BCUT2D eigenvalue weighted by Crippen LogP contribution is 2.50. The maximum Gasteiger partial charge on any atom is 0.423 e. The highest BCUT2D eigenvalue weighted by Gasteiger charge is 2.67. The third-order valence-corrected chi connectivity index (χ3v) is 2.18. The zero-order valence-corrected chi connectivity index (χ0v) is 7.93. The largest absolute Gasteiger partial charge is 0.423 e. The number of alkyl halides is 6. The molecule has 18 heavy (non-hydrogen) atoms. The van der Waals surface area contributed by atoms with E-state index in [1.54, 1.807) is 0 Å². The fourth-order valence-corrected chi connectivity index (χ4v) is 1.25. The van der Waals surface area contributed by atoms with Gasteiger partial charge in [-0.1, -0.05) is 0 Å². The van der Waals surface area contributed by atoms with Gasteiger partial charge in [0.2, 0.25) is 11.8 Å². The van der Waals surface area contributed by atoms with Gasteiger partial charge in [-0.3, -0.25) is 0 Å². The topological polar surface area (TPSA) is 0 Å². The molecule has 3 unspecified atom stereocenters. The van der Waals surface area contributed by atoms with E-state index in [0.717, 1.165) is 0 Å². The van der Waals surface area contributed by atoms with E-state index in [2.05, 4.69) is 0 Å². The molecule has 1 aliphatic carbocycles.